The first-order valence-electron chi connectivity index (χ1n) is 11.4. The molecule has 1 aliphatic rings. The molecule has 4 atom stereocenters. The summed E-state index contributed by atoms with van der Waals surface area (Å²) in [5.74, 6) is -4.73. The van der Waals surface area contributed by atoms with Crippen molar-refractivity contribution in [2.24, 2.45) is 5.73 Å². The van der Waals surface area contributed by atoms with Gasteiger partial charge in [-0.05, 0) is 24.5 Å². The summed E-state index contributed by atoms with van der Waals surface area (Å²) in [6.07, 6.45) is 1.66. The molecule has 12 nitrogen and oxygen atoms in total. The number of thiol groups is 1. The highest BCUT2D eigenvalue weighted by Gasteiger charge is 2.38. The van der Waals surface area contributed by atoms with E-state index in [2.05, 4.69) is 28.2 Å². The number of aromatic nitrogens is 1. The van der Waals surface area contributed by atoms with Gasteiger partial charge in [0, 0.05) is 35.8 Å². The fraction of sp³-hybridized carbons (Fsp3) is 0.435. The number of amides is 3. The molecule has 194 valence electrons. The smallest absolute Gasteiger partial charge is 0.326 e. The van der Waals surface area contributed by atoms with Crippen molar-refractivity contribution >= 4 is 53.2 Å². The Bertz CT molecular complexity index is 1150. The number of likely N-dealkylation sites (tertiary alicyclic amines) is 1. The number of carboxylic acid groups (broad SMARTS) is 2. The summed E-state index contributed by atoms with van der Waals surface area (Å²) in [4.78, 5) is 66.0. The molecule has 1 aliphatic heterocycles. The lowest BCUT2D eigenvalue weighted by atomic mass is 10.0. The predicted molar refractivity (Wildman–Crippen MR) is 132 cm³/mol. The van der Waals surface area contributed by atoms with Crippen LogP contribution in [0, 0.1) is 0 Å². The largest absolute Gasteiger partial charge is 0.481 e. The van der Waals surface area contributed by atoms with Crippen molar-refractivity contribution in [2.45, 2.75) is 49.9 Å². The molecule has 0 spiro atoms. The lowest BCUT2D eigenvalue weighted by Crippen LogP contribution is -2.57. The standard InChI is InChI=1S/C23H29N5O7S/c24-14(11-36)22(33)28-7-3-6-18(28)21(32)26-16(9-19(29)30)20(31)27-17(23(34)35)8-12-10-25-15-5-2-1-4-13(12)15/h1-2,4-5,10,14,16-18,25,36H,3,6-9,11,24H2,(H,26,32)(H,27,31)(H,29,30)(H,34,35). The van der Waals surface area contributed by atoms with Gasteiger partial charge < -0.3 is 36.5 Å². The molecule has 36 heavy (non-hydrogen) atoms. The minimum atomic E-state index is -1.55. The summed E-state index contributed by atoms with van der Waals surface area (Å²) in [5, 5.41) is 24.5. The number of rotatable bonds is 11. The normalized spacial score (nSPS) is 17.8. The van der Waals surface area contributed by atoms with Gasteiger partial charge >= 0.3 is 11.9 Å². The summed E-state index contributed by atoms with van der Waals surface area (Å²) in [5.41, 5.74) is 7.20. The average molecular weight is 520 g/mol. The second kappa shape index (κ2) is 11.9. The third-order valence-electron chi connectivity index (χ3n) is 6.08. The van der Waals surface area contributed by atoms with Crippen LogP contribution in [0.15, 0.2) is 30.5 Å². The number of carbonyl (C=O) groups is 5. The number of fused-ring (bicyclic) bond motifs is 1. The number of nitrogens with one attached hydrogen (secondary N) is 3. The van der Waals surface area contributed by atoms with Crippen LogP contribution in [0.5, 0.6) is 0 Å². The molecule has 0 saturated carbocycles. The minimum absolute atomic E-state index is 0.0641. The molecule has 0 bridgehead atoms. The SMILES string of the molecule is NC(CS)C(=O)N1CCCC1C(=O)NC(CC(=O)O)C(=O)NC(Cc1c[nH]c2ccccc12)C(=O)O. The molecule has 2 aromatic rings. The number of nitrogens with two attached hydrogens (primary N) is 1. The van der Waals surface area contributed by atoms with Gasteiger partial charge in [0.2, 0.25) is 17.7 Å². The van der Waals surface area contributed by atoms with Gasteiger partial charge in [-0.1, -0.05) is 18.2 Å². The minimum Gasteiger partial charge on any atom is -0.481 e. The molecule has 1 saturated heterocycles. The molecular formula is C23H29N5O7S. The van der Waals surface area contributed by atoms with Crippen molar-refractivity contribution in [3.05, 3.63) is 36.0 Å². The Morgan fingerprint density at radius 3 is 2.53 bits per heavy atom. The van der Waals surface area contributed by atoms with E-state index in [9.17, 15) is 34.2 Å². The van der Waals surface area contributed by atoms with Crippen molar-refractivity contribution in [2.75, 3.05) is 12.3 Å². The second-order valence-electron chi connectivity index (χ2n) is 8.60. The van der Waals surface area contributed by atoms with Gasteiger partial charge in [0.1, 0.15) is 18.1 Å². The van der Waals surface area contributed by atoms with E-state index in [-0.39, 0.29) is 12.2 Å². The summed E-state index contributed by atoms with van der Waals surface area (Å²) in [6.45, 7) is 0.292. The van der Waals surface area contributed by atoms with E-state index < -0.39 is 60.2 Å². The number of carboxylic acids is 2. The Hall–Kier alpha value is -3.58. The predicted octanol–water partition coefficient (Wildman–Crippen LogP) is -0.513. The number of hydrogen-bond donors (Lipinski definition) is 7. The highest BCUT2D eigenvalue weighted by atomic mass is 32.1. The molecule has 0 radical (unpaired) electrons. The first-order chi connectivity index (χ1) is 17.1. The van der Waals surface area contributed by atoms with Gasteiger partial charge in [-0.15, -0.1) is 0 Å². The molecule has 1 aromatic carbocycles. The van der Waals surface area contributed by atoms with E-state index >= 15 is 0 Å². The summed E-state index contributed by atoms with van der Waals surface area (Å²) >= 11 is 4.01. The summed E-state index contributed by atoms with van der Waals surface area (Å²) in [6, 6.07) is 2.51. The monoisotopic (exact) mass is 519 g/mol. The second-order valence-corrected chi connectivity index (χ2v) is 8.97. The maximum Gasteiger partial charge on any atom is 0.326 e. The van der Waals surface area contributed by atoms with Crippen molar-refractivity contribution in [1.82, 2.24) is 20.5 Å². The van der Waals surface area contributed by atoms with E-state index in [4.69, 9.17) is 5.73 Å². The van der Waals surface area contributed by atoms with Gasteiger partial charge in [-0.3, -0.25) is 19.2 Å². The van der Waals surface area contributed by atoms with Crippen LogP contribution in [0.4, 0.5) is 0 Å². The summed E-state index contributed by atoms with van der Waals surface area (Å²) in [7, 11) is 0. The van der Waals surface area contributed by atoms with E-state index in [1.165, 1.54) is 4.90 Å². The molecular weight excluding hydrogens is 490 g/mol. The Kier molecular flexibility index (Phi) is 8.93. The lowest BCUT2D eigenvalue weighted by molar-refractivity contribution is -0.144. The van der Waals surface area contributed by atoms with Crippen molar-refractivity contribution in [3.8, 4) is 0 Å². The van der Waals surface area contributed by atoms with Crippen LogP contribution < -0.4 is 16.4 Å². The number of nitrogens with zero attached hydrogens (tertiary/aromatic N) is 1. The number of carbonyl (C=O) groups excluding carboxylic acids is 3. The van der Waals surface area contributed by atoms with E-state index in [0.717, 1.165) is 10.9 Å². The van der Waals surface area contributed by atoms with E-state index in [1.807, 2.05) is 18.2 Å². The fourth-order valence-electron chi connectivity index (χ4n) is 4.24. The Morgan fingerprint density at radius 1 is 1.14 bits per heavy atom. The Labute approximate surface area is 212 Å². The molecule has 3 amide bonds. The molecule has 3 rings (SSSR count). The first-order valence-corrected chi connectivity index (χ1v) is 12.0. The number of aliphatic carboxylic acids is 2. The van der Waals surface area contributed by atoms with Gasteiger partial charge in [-0.2, -0.15) is 12.6 Å². The van der Waals surface area contributed by atoms with Crippen LogP contribution in [0.1, 0.15) is 24.8 Å². The van der Waals surface area contributed by atoms with Crippen LogP contribution in [0.3, 0.4) is 0 Å². The van der Waals surface area contributed by atoms with Crippen LogP contribution in [0.2, 0.25) is 0 Å². The maximum atomic E-state index is 12.9. The van der Waals surface area contributed by atoms with Gasteiger partial charge in [0.05, 0.1) is 12.5 Å². The van der Waals surface area contributed by atoms with Crippen LogP contribution in [-0.4, -0.2) is 86.2 Å². The van der Waals surface area contributed by atoms with Gasteiger partial charge in [0.25, 0.3) is 0 Å². The molecule has 7 N–H and O–H groups in total. The summed E-state index contributed by atoms with van der Waals surface area (Å²) < 4.78 is 0. The van der Waals surface area contributed by atoms with Crippen molar-refractivity contribution in [3.63, 3.8) is 0 Å². The third kappa shape index (κ3) is 6.34. The van der Waals surface area contributed by atoms with Crippen molar-refractivity contribution < 1.29 is 34.2 Å². The first kappa shape index (κ1) is 27.0. The molecule has 13 heteroatoms. The third-order valence-corrected chi connectivity index (χ3v) is 6.47. The fourth-order valence-corrected chi connectivity index (χ4v) is 4.39. The van der Waals surface area contributed by atoms with Crippen LogP contribution in [-0.2, 0) is 30.4 Å². The topological polar surface area (TPSA) is 195 Å². The molecule has 2 heterocycles. The zero-order chi connectivity index (χ0) is 26.4. The number of hydrogen-bond acceptors (Lipinski definition) is 7. The number of aromatic amines is 1. The van der Waals surface area contributed by atoms with Crippen LogP contribution >= 0.6 is 12.6 Å². The Balaban J connectivity index is 1.72. The highest BCUT2D eigenvalue weighted by molar-refractivity contribution is 7.80. The van der Waals surface area contributed by atoms with Gasteiger partial charge in [-0.25, -0.2) is 4.79 Å². The molecule has 0 aliphatic carbocycles. The molecule has 1 aromatic heterocycles. The van der Waals surface area contributed by atoms with Gasteiger partial charge in [0.15, 0.2) is 0 Å². The lowest BCUT2D eigenvalue weighted by Gasteiger charge is -2.28. The van der Waals surface area contributed by atoms with E-state index in [1.54, 1.807) is 12.3 Å². The number of H-pyrrole nitrogens is 1. The van der Waals surface area contributed by atoms with E-state index in [0.29, 0.717) is 24.9 Å². The maximum absolute atomic E-state index is 12.9. The quantitative estimate of drug-likeness (QED) is 0.193. The van der Waals surface area contributed by atoms with Crippen LogP contribution in [0.25, 0.3) is 10.9 Å². The average Bonchev–Trinajstić information content (AvgIpc) is 3.49. The number of para-hydroxylation sites is 1. The van der Waals surface area contributed by atoms with Crippen molar-refractivity contribution in [1.29, 1.82) is 0 Å². The zero-order valence-electron chi connectivity index (χ0n) is 19.3. The highest BCUT2D eigenvalue weighted by Crippen LogP contribution is 2.20. The Morgan fingerprint density at radius 2 is 1.86 bits per heavy atom. The zero-order valence-corrected chi connectivity index (χ0v) is 20.2. The molecule has 4 unspecified atom stereocenters. The molecule has 1 fully saturated rings. The number of benzene rings is 1.